The quantitative estimate of drug-likeness (QED) is 0.773. The third-order valence-electron chi connectivity index (χ3n) is 4.46. The fraction of sp³-hybridized carbons (Fsp3) is 0.733. The van der Waals surface area contributed by atoms with E-state index in [0.717, 1.165) is 25.2 Å². The van der Waals surface area contributed by atoms with Crippen LogP contribution in [0, 0.1) is 5.92 Å². The van der Waals surface area contributed by atoms with Crippen LogP contribution in [-0.2, 0) is 6.54 Å². The van der Waals surface area contributed by atoms with E-state index >= 15 is 0 Å². The van der Waals surface area contributed by atoms with Gasteiger partial charge in [-0.25, -0.2) is 4.79 Å². The zero-order chi connectivity index (χ0) is 15.4. The molecule has 1 aromatic heterocycles. The van der Waals surface area contributed by atoms with E-state index in [4.69, 9.17) is 5.73 Å². The molecule has 1 saturated carbocycles. The Balaban J connectivity index is 2.19. The van der Waals surface area contributed by atoms with Gasteiger partial charge in [0.05, 0.1) is 0 Å². The van der Waals surface area contributed by atoms with Crippen molar-refractivity contribution in [2.45, 2.75) is 65.0 Å². The fourth-order valence-electron chi connectivity index (χ4n) is 3.09. The summed E-state index contributed by atoms with van der Waals surface area (Å²) in [6.45, 7) is 4.70. The second-order valence-electron chi connectivity index (χ2n) is 5.94. The summed E-state index contributed by atoms with van der Waals surface area (Å²) < 4.78 is 1.43. The zero-order valence-corrected chi connectivity index (χ0v) is 12.9. The summed E-state index contributed by atoms with van der Waals surface area (Å²) in [7, 11) is 0. The third kappa shape index (κ3) is 3.49. The van der Waals surface area contributed by atoms with Crippen LogP contribution < -0.4 is 22.3 Å². The summed E-state index contributed by atoms with van der Waals surface area (Å²) in [6.07, 6.45) is 6.46. The second kappa shape index (κ2) is 6.83. The lowest BCUT2D eigenvalue weighted by Gasteiger charge is -2.29. The Morgan fingerprint density at radius 1 is 1.24 bits per heavy atom. The molecule has 6 heteroatoms. The number of hydrogen-bond acceptors (Lipinski definition) is 4. The Morgan fingerprint density at radius 3 is 2.48 bits per heavy atom. The molecule has 21 heavy (non-hydrogen) atoms. The molecule has 1 fully saturated rings. The topological polar surface area (TPSA) is 92.9 Å². The van der Waals surface area contributed by atoms with E-state index in [1.807, 2.05) is 6.92 Å². The van der Waals surface area contributed by atoms with Crippen molar-refractivity contribution >= 4 is 11.5 Å². The molecule has 1 aliphatic carbocycles. The number of nitrogens with two attached hydrogens (primary N) is 1. The standard InChI is InChI=1S/C15H26N4O2/c1-3-9-19-13(16)12(14(20)18-15(19)21)17-11-7-5-10(4-2)6-8-11/h10-11,17H,3-9,16H2,1-2H3,(H,18,20,21). The van der Waals surface area contributed by atoms with Crippen LogP contribution in [0.4, 0.5) is 11.5 Å². The van der Waals surface area contributed by atoms with Crippen molar-refractivity contribution < 1.29 is 0 Å². The van der Waals surface area contributed by atoms with Gasteiger partial charge in [-0.05, 0) is 38.0 Å². The minimum Gasteiger partial charge on any atom is -0.383 e. The number of H-pyrrole nitrogens is 1. The Hall–Kier alpha value is -1.72. The number of rotatable bonds is 5. The van der Waals surface area contributed by atoms with Gasteiger partial charge in [0.25, 0.3) is 5.56 Å². The monoisotopic (exact) mass is 294 g/mol. The molecule has 0 bridgehead atoms. The van der Waals surface area contributed by atoms with E-state index in [2.05, 4.69) is 17.2 Å². The van der Waals surface area contributed by atoms with Gasteiger partial charge in [0.15, 0.2) is 0 Å². The SMILES string of the molecule is CCCn1c(N)c(NC2CCC(CC)CC2)c(=O)[nH]c1=O. The Morgan fingerprint density at radius 2 is 1.90 bits per heavy atom. The van der Waals surface area contributed by atoms with Crippen molar-refractivity contribution in [3.8, 4) is 0 Å². The van der Waals surface area contributed by atoms with Crippen LogP contribution in [0.3, 0.4) is 0 Å². The molecule has 2 rings (SSSR count). The molecular formula is C15H26N4O2. The molecular weight excluding hydrogens is 268 g/mol. The van der Waals surface area contributed by atoms with Gasteiger partial charge in [0.2, 0.25) is 0 Å². The molecule has 0 atom stereocenters. The highest BCUT2D eigenvalue weighted by Gasteiger charge is 2.22. The number of hydrogen-bond donors (Lipinski definition) is 3. The van der Waals surface area contributed by atoms with E-state index in [1.165, 1.54) is 23.8 Å². The molecule has 0 aromatic carbocycles. The molecule has 1 aliphatic rings. The number of nitrogens with zero attached hydrogens (tertiary/aromatic N) is 1. The average molecular weight is 294 g/mol. The molecule has 0 unspecified atom stereocenters. The van der Waals surface area contributed by atoms with Crippen LogP contribution in [0.5, 0.6) is 0 Å². The number of nitrogens with one attached hydrogen (secondary N) is 2. The number of nitrogen functional groups attached to an aromatic ring is 1. The molecule has 0 saturated heterocycles. The highest BCUT2D eigenvalue weighted by Crippen LogP contribution is 2.28. The van der Waals surface area contributed by atoms with Gasteiger partial charge in [-0.1, -0.05) is 20.3 Å². The first-order valence-electron chi connectivity index (χ1n) is 7.95. The van der Waals surface area contributed by atoms with Gasteiger partial charge in [-0.3, -0.25) is 14.3 Å². The van der Waals surface area contributed by atoms with E-state index in [0.29, 0.717) is 12.2 Å². The van der Waals surface area contributed by atoms with Crippen LogP contribution in [0.15, 0.2) is 9.59 Å². The maximum atomic E-state index is 12.0. The van der Waals surface area contributed by atoms with Crippen LogP contribution in [-0.4, -0.2) is 15.6 Å². The summed E-state index contributed by atoms with van der Waals surface area (Å²) in [5, 5.41) is 3.26. The Labute approximate surface area is 124 Å². The van der Waals surface area contributed by atoms with Crippen molar-refractivity contribution in [3.05, 3.63) is 20.8 Å². The van der Waals surface area contributed by atoms with Gasteiger partial charge in [0, 0.05) is 12.6 Å². The second-order valence-corrected chi connectivity index (χ2v) is 5.94. The normalized spacial score (nSPS) is 22.2. The van der Waals surface area contributed by atoms with Gasteiger partial charge in [0.1, 0.15) is 11.5 Å². The van der Waals surface area contributed by atoms with Crippen molar-refractivity contribution in [3.63, 3.8) is 0 Å². The van der Waals surface area contributed by atoms with E-state index < -0.39 is 11.2 Å². The number of aromatic nitrogens is 2. The first-order chi connectivity index (χ1) is 10.1. The maximum Gasteiger partial charge on any atom is 0.330 e. The molecule has 1 aromatic rings. The van der Waals surface area contributed by atoms with Crippen molar-refractivity contribution in [1.29, 1.82) is 0 Å². The molecule has 1 heterocycles. The highest BCUT2D eigenvalue weighted by molar-refractivity contribution is 5.60. The van der Waals surface area contributed by atoms with E-state index in [9.17, 15) is 9.59 Å². The lowest BCUT2D eigenvalue weighted by molar-refractivity contribution is 0.330. The minimum atomic E-state index is -0.431. The summed E-state index contributed by atoms with van der Waals surface area (Å²) in [5.74, 6) is 1.05. The minimum absolute atomic E-state index is 0.253. The van der Waals surface area contributed by atoms with E-state index in [1.54, 1.807) is 0 Å². The Kier molecular flexibility index (Phi) is 5.09. The zero-order valence-electron chi connectivity index (χ0n) is 12.9. The summed E-state index contributed by atoms with van der Waals surface area (Å²) in [6, 6.07) is 0.267. The van der Waals surface area contributed by atoms with Crippen molar-refractivity contribution in [2.75, 3.05) is 11.1 Å². The molecule has 0 spiro atoms. The first-order valence-corrected chi connectivity index (χ1v) is 7.95. The van der Waals surface area contributed by atoms with Crippen molar-refractivity contribution in [1.82, 2.24) is 9.55 Å². The van der Waals surface area contributed by atoms with Gasteiger partial charge in [-0.2, -0.15) is 0 Å². The summed E-state index contributed by atoms with van der Waals surface area (Å²) in [5.41, 5.74) is 5.53. The van der Waals surface area contributed by atoms with Crippen LogP contribution in [0.2, 0.25) is 0 Å². The van der Waals surface area contributed by atoms with Gasteiger partial charge < -0.3 is 11.1 Å². The summed E-state index contributed by atoms with van der Waals surface area (Å²) >= 11 is 0. The summed E-state index contributed by atoms with van der Waals surface area (Å²) in [4.78, 5) is 26.1. The molecule has 0 radical (unpaired) electrons. The van der Waals surface area contributed by atoms with Crippen LogP contribution >= 0.6 is 0 Å². The largest absolute Gasteiger partial charge is 0.383 e. The Bertz CT molecular complexity index is 582. The van der Waals surface area contributed by atoms with Gasteiger partial charge in [-0.15, -0.1) is 0 Å². The number of anilines is 2. The smallest absolute Gasteiger partial charge is 0.330 e. The van der Waals surface area contributed by atoms with Crippen molar-refractivity contribution in [2.24, 2.45) is 5.92 Å². The lowest BCUT2D eigenvalue weighted by Crippen LogP contribution is -2.36. The fourth-order valence-corrected chi connectivity index (χ4v) is 3.09. The van der Waals surface area contributed by atoms with E-state index in [-0.39, 0.29) is 11.9 Å². The molecule has 118 valence electrons. The molecule has 0 amide bonds. The third-order valence-corrected chi connectivity index (χ3v) is 4.46. The molecule has 4 N–H and O–H groups in total. The molecule has 6 nitrogen and oxygen atoms in total. The number of aromatic amines is 1. The lowest BCUT2D eigenvalue weighted by atomic mass is 9.84. The van der Waals surface area contributed by atoms with Crippen LogP contribution in [0.1, 0.15) is 52.4 Å². The predicted molar refractivity (Wildman–Crippen MR) is 85.7 cm³/mol. The van der Waals surface area contributed by atoms with Gasteiger partial charge >= 0.3 is 5.69 Å². The molecule has 0 aliphatic heterocycles. The average Bonchev–Trinajstić information content (AvgIpc) is 2.48. The first kappa shape index (κ1) is 15.7. The predicted octanol–water partition coefficient (Wildman–Crippen LogP) is 1.91. The van der Waals surface area contributed by atoms with Crippen LogP contribution in [0.25, 0.3) is 0 Å². The highest BCUT2D eigenvalue weighted by atomic mass is 16.2. The maximum absolute atomic E-state index is 12.0.